The Balaban J connectivity index is 2.31. The minimum atomic E-state index is -0.183. The lowest BCUT2D eigenvalue weighted by molar-refractivity contribution is 0.103. The lowest BCUT2D eigenvalue weighted by Gasteiger charge is -2.11. The molecule has 1 aromatic heterocycles. The van der Waals surface area contributed by atoms with Gasteiger partial charge in [-0.3, -0.25) is 4.79 Å². The van der Waals surface area contributed by atoms with Gasteiger partial charge in [-0.1, -0.05) is 17.7 Å². The average Bonchev–Trinajstić information content (AvgIpc) is 2.81. The highest BCUT2D eigenvalue weighted by atomic mass is 79.9. The van der Waals surface area contributed by atoms with Crippen LogP contribution in [0.5, 0.6) is 5.75 Å². The minimum absolute atomic E-state index is 0.183. The lowest BCUT2D eigenvalue weighted by atomic mass is 10.3. The van der Waals surface area contributed by atoms with Gasteiger partial charge in [0, 0.05) is 5.02 Å². The number of thiophene rings is 1. The summed E-state index contributed by atoms with van der Waals surface area (Å²) < 4.78 is 5.93. The third-order valence-corrected chi connectivity index (χ3v) is 3.88. The number of halogens is 2. The van der Waals surface area contributed by atoms with Gasteiger partial charge in [-0.05, 0) is 39.5 Å². The van der Waals surface area contributed by atoms with E-state index in [-0.39, 0.29) is 5.91 Å². The first-order valence-electron chi connectivity index (χ1n) is 4.99. The SMILES string of the molecule is COc1c(Br)cc(Cl)cc1NC(=O)c1cccs1. The van der Waals surface area contributed by atoms with Crippen molar-refractivity contribution in [3.63, 3.8) is 0 Å². The van der Waals surface area contributed by atoms with Crippen molar-refractivity contribution in [2.45, 2.75) is 0 Å². The molecule has 0 aliphatic carbocycles. The summed E-state index contributed by atoms with van der Waals surface area (Å²) >= 11 is 10.7. The summed E-state index contributed by atoms with van der Waals surface area (Å²) in [7, 11) is 1.54. The average molecular weight is 347 g/mol. The number of hydrogen-bond acceptors (Lipinski definition) is 3. The Hall–Kier alpha value is -1.04. The van der Waals surface area contributed by atoms with Crippen molar-refractivity contribution in [3.05, 3.63) is 44.0 Å². The van der Waals surface area contributed by atoms with E-state index in [4.69, 9.17) is 16.3 Å². The molecule has 0 fully saturated rings. The van der Waals surface area contributed by atoms with Gasteiger partial charge in [0.2, 0.25) is 0 Å². The second kappa shape index (κ2) is 5.73. The fraction of sp³-hybridized carbons (Fsp3) is 0.0833. The van der Waals surface area contributed by atoms with Crippen LogP contribution < -0.4 is 10.1 Å². The molecule has 0 saturated carbocycles. The van der Waals surface area contributed by atoms with Gasteiger partial charge >= 0.3 is 0 Å². The number of methoxy groups -OCH3 is 1. The maximum atomic E-state index is 12.0. The molecular formula is C12H9BrClNO2S. The number of carbonyl (C=O) groups excluding carboxylic acids is 1. The summed E-state index contributed by atoms with van der Waals surface area (Å²) in [6.45, 7) is 0. The molecule has 1 heterocycles. The van der Waals surface area contributed by atoms with Crippen LogP contribution in [0, 0.1) is 0 Å². The van der Waals surface area contributed by atoms with E-state index in [1.165, 1.54) is 18.4 Å². The summed E-state index contributed by atoms with van der Waals surface area (Å²) in [4.78, 5) is 12.6. The summed E-state index contributed by atoms with van der Waals surface area (Å²) in [5, 5.41) is 5.14. The number of hydrogen-bond donors (Lipinski definition) is 1. The summed E-state index contributed by atoms with van der Waals surface area (Å²) in [6.07, 6.45) is 0. The van der Waals surface area contributed by atoms with E-state index in [2.05, 4.69) is 21.2 Å². The standard InChI is InChI=1S/C12H9BrClNO2S/c1-17-11-8(13)5-7(14)6-9(11)15-12(16)10-3-2-4-18-10/h2-6H,1H3,(H,15,16). The van der Waals surface area contributed by atoms with Crippen molar-refractivity contribution in [2.75, 3.05) is 12.4 Å². The molecule has 6 heteroatoms. The lowest BCUT2D eigenvalue weighted by Crippen LogP contribution is -2.11. The van der Waals surface area contributed by atoms with Crippen LogP contribution in [0.1, 0.15) is 9.67 Å². The second-order valence-corrected chi connectivity index (χ2v) is 5.64. The van der Waals surface area contributed by atoms with Crippen LogP contribution in [0.4, 0.5) is 5.69 Å². The normalized spacial score (nSPS) is 10.2. The predicted molar refractivity (Wildman–Crippen MR) is 78.0 cm³/mol. The van der Waals surface area contributed by atoms with Gasteiger partial charge in [0.15, 0.2) is 5.75 Å². The Morgan fingerprint density at radius 3 is 2.89 bits per heavy atom. The number of carbonyl (C=O) groups is 1. The fourth-order valence-electron chi connectivity index (χ4n) is 1.45. The molecule has 1 N–H and O–H groups in total. The Morgan fingerprint density at radius 1 is 1.50 bits per heavy atom. The van der Waals surface area contributed by atoms with Gasteiger partial charge < -0.3 is 10.1 Å². The Kier molecular flexibility index (Phi) is 4.27. The number of amides is 1. The van der Waals surface area contributed by atoms with E-state index in [1.54, 1.807) is 18.2 Å². The number of rotatable bonds is 3. The summed E-state index contributed by atoms with van der Waals surface area (Å²) in [5.74, 6) is 0.363. The zero-order valence-electron chi connectivity index (χ0n) is 9.37. The fourth-order valence-corrected chi connectivity index (χ4v) is 3.04. The van der Waals surface area contributed by atoms with Crippen molar-refractivity contribution in [3.8, 4) is 5.75 Å². The number of benzene rings is 1. The number of anilines is 1. The van der Waals surface area contributed by atoms with Crippen LogP contribution in [0.3, 0.4) is 0 Å². The van der Waals surface area contributed by atoms with Gasteiger partial charge in [0.1, 0.15) is 0 Å². The first-order valence-corrected chi connectivity index (χ1v) is 7.04. The molecular weight excluding hydrogens is 338 g/mol. The highest BCUT2D eigenvalue weighted by Crippen LogP contribution is 2.36. The van der Waals surface area contributed by atoms with Gasteiger partial charge in [-0.2, -0.15) is 0 Å². The maximum Gasteiger partial charge on any atom is 0.265 e. The van der Waals surface area contributed by atoms with Crippen LogP contribution in [0.25, 0.3) is 0 Å². The van der Waals surface area contributed by atoms with Crippen LogP contribution in [-0.4, -0.2) is 13.0 Å². The largest absolute Gasteiger partial charge is 0.493 e. The first kappa shape index (κ1) is 13.4. The van der Waals surface area contributed by atoms with Crippen molar-refractivity contribution in [1.29, 1.82) is 0 Å². The van der Waals surface area contributed by atoms with Crippen molar-refractivity contribution in [2.24, 2.45) is 0 Å². The summed E-state index contributed by atoms with van der Waals surface area (Å²) in [5.41, 5.74) is 0.537. The molecule has 1 aromatic carbocycles. The molecule has 0 unspecified atom stereocenters. The van der Waals surface area contributed by atoms with E-state index in [1.807, 2.05) is 11.4 Å². The van der Waals surface area contributed by atoms with Crippen molar-refractivity contribution >= 4 is 50.5 Å². The zero-order chi connectivity index (χ0) is 13.1. The Labute approximate surface area is 122 Å². The molecule has 0 aliphatic rings. The van der Waals surface area contributed by atoms with E-state index in [0.717, 1.165) is 0 Å². The summed E-state index contributed by atoms with van der Waals surface area (Å²) in [6, 6.07) is 6.94. The second-order valence-electron chi connectivity index (χ2n) is 3.40. The van der Waals surface area contributed by atoms with Gasteiger partial charge in [-0.15, -0.1) is 11.3 Å². The molecule has 94 valence electrons. The third-order valence-electron chi connectivity index (χ3n) is 2.21. The van der Waals surface area contributed by atoms with Crippen LogP contribution in [0.15, 0.2) is 34.1 Å². The van der Waals surface area contributed by atoms with Crippen molar-refractivity contribution in [1.82, 2.24) is 0 Å². The van der Waals surface area contributed by atoms with E-state index in [0.29, 0.717) is 25.8 Å². The smallest absolute Gasteiger partial charge is 0.265 e. The molecule has 0 spiro atoms. The Bertz CT molecular complexity index is 572. The van der Waals surface area contributed by atoms with Crippen LogP contribution in [-0.2, 0) is 0 Å². The van der Waals surface area contributed by atoms with Gasteiger partial charge in [-0.25, -0.2) is 0 Å². The van der Waals surface area contributed by atoms with E-state index in [9.17, 15) is 4.79 Å². The number of ether oxygens (including phenoxy) is 1. The minimum Gasteiger partial charge on any atom is -0.493 e. The molecule has 0 aliphatic heterocycles. The zero-order valence-corrected chi connectivity index (χ0v) is 12.5. The molecule has 1 amide bonds. The molecule has 2 rings (SSSR count). The highest BCUT2D eigenvalue weighted by molar-refractivity contribution is 9.10. The molecule has 0 bridgehead atoms. The first-order chi connectivity index (χ1) is 8.61. The van der Waals surface area contributed by atoms with E-state index < -0.39 is 0 Å². The van der Waals surface area contributed by atoms with Crippen LogP contribution in [0.2, 0.25) is 5.02 Å². The van der Waals surface area contributed by atoms with Gasteiger partial charge in [0.05, 0.1) is 22.1 Å². The molecule has 2 aromatic rings. The molecule has 0 radical (unpaired) electrons. The third kappa shape index (κ3) is 2.85. The predicted octanol–water partition coefficient (Wildman–Crippen LogP) is 4.42. The monoisotopic (exact) mass is 345 g/mol. The number of nitrogens with one attached hydrogen (secondary N) is 1. The van der Waals surface area contributed by atoms with E-state index >= 15 is 0 Å². The Morgan fingerprint density at radius 2 is 2.28 bits per heavy atom. The topological polar surface area (TPSA) is 38.3 Å². The van der Waals surface area contributed by atoms with Gasteiger partial charge in [0.25, 0.3) is 5.91 Å². The quantitative estimate of drug-likeness (QED) is 0.893. The molecule has 18 heavy (non-hydrogen) atoms. The molecule has 0 atom stereocenters. The van der Waals surface area contributed by atoms with Crippen molar-refractivity contribution < 1.29 is 9.53 Å². The maximum absolute atomic E-state index is 12.0. The highest BCUT2D eigenvalue weighted by Gasteiger charge is 2.13. The molecule has 0 saturated heterocycles. The van der Waals surface area contributed by atoms with Crippen LogP contribution >= 0.6 is 38.9 Å². The molecule has 3 nitrogen and oxygen atoms in total.